The molecule has 5 saturated heterocycles. The molecule has 71 heavy (non-hydrogen) atoms. The van der Waals surface area contributed by atoms with E-state index < -0.39 is 41.2 Å². The number of nitrogens with zero attached hydrogens (tertiary/aromatic N) is 6. The molecule has 9 heterocycles. The Bertz CT molecular complexity index is 2600. The molecule has 4 aromatic rings. The van der Waals surface area contributed by atoms with E-state index >= 15 is 4.79 Å². The zero-order valence-electron chi connectivity index (χ0n) is 42.7. The van der Waals surface area contributed by atoms with Gasteiger partial charge in [-0.05, 0) is 82.3 Å². The first-order valence-corrected chi connectivity index (χ1v) is 26.5. The van der Waals surface area contributed by atoms with E-state index in [0.717, 1.165) is 70.6 Å². The van der Waals surface area contributed by atoms with Gasteiger partial charge in [-0.2, -0.15) is 0 Å². The van der Waals surface area contributed by atoms with E-state index in [4.69, 9.17) is 38.4 Å². The number of methoxy groups -OCH3 is 2. The number of nitrogens with one attached hydrogen (secondary N) is 2. The minimum absolute atomic E-state index is 0.00109. The minimum Gasteiger partial charge on any atom is -0.464 e. The zero-order chi connectivity index (χ0) is 49.8. The fraction of sp³-hybridized carbons (Fsp3) is 0.642. The van der Waals surface area contributed by atoms with Crippen molar-refractivity contribution in [2.45, 2.75) is 121 Å². The first-order chi connectivity index (χ1) is 34.1. The predicted octanol–water partition coefficient (Wildman–Crippen LogP) is 5.66. The summed E-state index contributed by atoms with van der Waals surface area (Å²) in [6.07, 6.45) is 4.52. The van der Waals surface area contributed by atoms with Gasteiger partial charge in [0.1, 0.15) is 23.2 Å². The number of hydrazine groups is 1. The number of amides is 2. The molecular weight excluding hydrogens is 925 g/mol. The molecule has 0 radical (unpaired) electrons. The largest absolute Gasteiger partial charge is 0.464 e. The van der Waals surface area contributed by atoms with E-state index in [1.165, 1.54) is 21.9 Å². The van der Waals surface area contributed by atoms with Gasteiger partial charge in [-0.3, -0.25) is 29.3 Å². The molecule has 0 spiro atoms. The summed E-state index contributed by atoms with van der Waals surface area (Å²) in [5.41, 5.74) is 10.2. The van der Waals surface area contributed by atoms with Crippen LogP contribution in [0.5, 0.6) is 0 Å². The average Bonchev–Trinajstić information content (AvgIpc) is 3.95. The zero-order valence-corrected chi connectivity index (χ0v) is 43.5. The van der Waals surface area contributed by atoms with Crippen LogP contribution in [-0.2, 0) is 55.8 Å². The maximum Gasteiger partial charge on any atom is 0.324 e. The van der Waals surface area contributed by atoms with Crippen LogP contribution in [0.15, 0.2) is 35.8 Å². The van der Waals surface area contributed by atoms with Crippen molar-refractivity contribution in [3.05, 3.63) is 57.7 Å². The second-order valence-corrected chi connectivity index (χ2v) is 22.8. The Labute approximate surface area is 421 Å². The molecular formula is C53H72N8O9S. The van der Waals surface area contributed by atoms with Gasteiger partial charge >= 0.3 is 5.97 Å². The maximum atomic E-state index is 15.1. The van der Waals surface area contributed by atoms with E-state index in [2.05, 4.69) is 82.6 Å². The van der Waals surface area contributed by atoms with Gasteiger partial charge in [0.25, 0.3) is 5.91 Å². The van der Waals surface area contributed by atoms with E-state index in [9.17, 15) is 9.59 Å². The van der Waals surface area contributed by atoms with Crippen LogP contribution in [0, 0.1) is 11.3 Å². The molecule has 2 amide bonds. The van der Waals surface area contributed by atoms with Gasteiger partial charge in [0.2, 0.25) is 5.91 Å². The number of benzene rings is 1. The fourth-order valence-electron chi connectivity index (χ4n) is 11.3. The standard InChI is InChI=1S/C53H72N8O9S/c1-31-26-69-47(31)48(62)56-44-46(59-28-53(5,29-59)66-8)49-55-41(27-71-49)33-11-12-42-37(20-33)39(22-52(3,4)30-70-51(64)40-10-9-15-61(57-40)50(44)63)45(60(42)16-19-68-36-13-17-67-18-14-36)38-21-34(35-24-58(6)25-35)23-54-43(38)32(2)65-7/h11-12,20-21,23,27,31-32,35-36,40,44,46-47,57H,9-10,13-19,22,24-26,28-30H2,1-8H3,(H,56,62)/t31-,32-,40-,44-,46-,47+/m0/s1. The van der Waals surface area contributed by atoms with Crippen LogP contribution in [0.25, 0.3) is 33.4 Å². The molecule has 0 aliphatic carbocycles. The lowest BCUT2D eigenvalue weighted by Crippen LogP contribution is -2.68. The third kappa shape index (κ3) is 10.2. The number of likely N-dealkylation sites (N-methyl/N-ethyl adjacent to an activating group) is 1. The van der Waals surface area contributed by atoms with Gasteiger partial charge in [-0.1, -0.05) is 26.8 Å². The van der Waals surface area contributed by atoms with Crippen LogP contribution in [0.4, 0.5) is 0 Å². The SMILES string of the molecule is CO[C@@H](C)c1ncc(C2CN(C)C2)cc1-c1c2c3cc(ccc3n1CCOC1CCOCC1)-c1csc(n1)[C@@H](N1CC(C)(OC)C1)[C@H](NC(=O)[C@@H]1OC[C@@H]1C)C(=O)N1CCC[C@H](N1)C(=O)OCC(C)(C)C2. The summed E-state index contributed by atoms with van der Waals surface area (Å²) in [6.45, 7) is 16.7. The number of fused-ring (bicyclic) bond motifs is 6. The van der Waals surface area contributed by atoms with Crippen molar-refractivity contribution >= 4 is 40.0 Å². The summed E-state index contributed by atoms with van der Waals surface area (Å²) in [5.74, 6) is -0.779. The number of carbonyl (C=O) groups excluding carboxylic acids is 3. The Kier molecular flexibility index (Phi) is 14.5. The summed E-state index contributed by atoms with van der Waals surface area (Å²) in [5, 5.41) is 8.44. The minimum atomic E-state index is -1.07. The molecule has 2 N–H and O–H groups in total. The number of rotatable bonds is 12. The van der Waals surface area contributed by atoms with Crippen molar-refractivity contribution in [1.29, 1.82) is 0 Å². The van der Waals surface area contributed by atoms with Crippen LogP contribution < -0.4 is 10.7 Å². The van der Waals surface area contributed by atoms with Gasteiger partial charge in [-0.25, -0.2) is 10.4 Å². The molecule has 6 aliphatic rings. The molecule has 3 aromatic heterocycles. The maximum absolute atomic E-state index is 15.1. The Morgan fingerprint density at radius 2 is 1.87 bits per heavy atom. The van der Waals surface area contributed by atoms with Crippen LogP contribution in [0.2, 0.25) is 0 Å². The summed E-state index contributed by atoms with van der Waals surface area (Å²) < 4.78 is 38.7. The van der Waals surface area contributed by atoms with Crippen molar-refractivity contribution in [2.75, 3.05) is 87.0 Å². The van der Waals surface area contributed by atoms with E-state index in [0.29, 0.717) is 82.8 Å². The smallest absolute Gasteiger partial charge is 0.324 e. The quantitative estimate of drug-likeness (QED) is 0.167. The normalized spacial score (nSPS) is 27.0. The fourth-order valence-corrected chi connectivity index (χ4v) is 12.3. The van der Waals surface area contributed by atoms with Crippen molar-refractivity contribution in [2.24, 2.45) is 11.3 Å². The number of cyclic esters (lactones) is 1. The van der Waals surface area contributed by atoms with E-state index in [1.54, 1.807) is 14.2 Å². The Balaban J connectivity index is 1.14. The number of thiazole rings is 1. The molecule has 17 nitrogen and oxygen atoms in total. The third-order valence-corrected chi connectivity index (χ3v) is 16.6. The molecule has 0 unspecified atom stereocenters. The lowest BCUT2D eigenvalue weighted by Gasteiger charge is -2.51. The average molecular weight is 997 g/mol. The molecule has 5 fully saturated rings. The summed E-state index contributed by atoms with van der Waals surface area (Å²) in [6, 6.07) is 6.41. The second-order valence-electron chi connectivity index (χ2n) is 21.9. The van der Waals surface area contributed by atoms with Crippen molar-refractivity contribution in [3.63, 3.8) is 0 Å². The molecule has 0 saturated carbocycles. The van der Waals surface area contributed by atoms with Crippen molar-refractivity contribution in [1.82, 2.24) is 40.1 Å². The molecule has 18 heteroatoms. The van der Waals surface area contributed by atoms with Crippen LogP contribution >= 0.6 is 11.3 Å². The summed E-state index contributed by atoms with van der Waals surface area (Å²) in [4.78, 5) is 58.4. The van der Waals surface area contributed by atoms with Crippen molar-refractivity contribution < 1.29 is 42.8 Å². The third-order valence-electron chi connectivity index (χ3n) is 15.7. The number of likely N-dealkylation sites (tertiary alicyclic amines) is 2. The van der Waals surface area contributed by atoms with Gasteiger partial charge in [0.05, 0.1) is 60.8 Å². The highest BCUT2D eigenvalue weighted by molar-refractivity contribution is 7.10. The second kappa shape index (κ2) is 20.5. The Morgan fingerprint density at radius 3 is 2.58 bits per heavy atom. The van der Waals surface area contributed by atoms with Crippen LogP contribution in [0.1, 0.15) is 100 Å². The number of esters is 1. The first-order valence-electron chi connectivity index (χ1n) is 25.6. The summed E-state index contributed by atoms with van der Waals surface area (Å²) in [7, 11) is 5.57. The van der Waals surface area contributed by atoms with E-state index in [-0.39, 0.29) is 36.5 Å². The monoisotopic (exact) mass is 997 g/mol. The first kappa shape index (κ1) is 50.2. The highest BCUT2D eigenvalue weighted by Crippen LogP contribution is 2.45. The molecule has 6 aliphatic heterocycles. The van der Waals surface area contributed by atoms with Gasteiger partial charge in [0.15, 0.2) is 0 Å². The molecule has 384 valence electrons. The van der Waals surface area contributed by atoms with Gasteiger partial charge in [-0.15, -0.1) is 11.3 Å². The van der Waals surface area contributed by atoms with E-state index in [1.807, 2.05) is 20.0 Å². The molecule has 10 rings (SSSR count). The van der Waals surface area contributed by atoms with Crippen LogP contribution in [-0.4, -0.2) is 164 Å². The molecule has 1 aromatic carbocycles. The van der Waals surface area contributed by atoms with Gasteiger partial charge in [0, 0.05) is 118 Å². The Hall–Kier alpha value is -4.37. The number of ether oxygens (including phenoxy) is 6. The lowest BCUT2D eigenvalue weighted by atomic mass is 9.83. The lowest BCUT2D eigenvalue weighted by molar-refractivity contribution is -0.166. The summed E-state index contributed by atoms with van der Waals surface area (Å²) >= 11 is 1.47. The highest BCUT2D eigenvalue weighted by atomic mass is 32.1. The predicted molar refractivity (Wildman–Crippen MR) is 269 cm³/mol. The molecule has 6 bridgehead atoms. The van der Waals surface area contributed by atoms with Crippen molar-refractivity contribution in [3.8, 4) is 22.5 Å². The highest BCUT2D eigenvalue weighted by Gasteiger charge is 2.50. The molecule has 6 atom stereocenters. The number of carbonyl (C=O) groups is 3. The number of hydrogen-bond acceptors (Lipinski definition) is 15. The number of hydrogen-bond donors (Lipinski definition) is 2. The van der Waals surface area contributed by atoms with Gasteiger partial charge < -0.3 is 43.2 Å². The van der Waals surface area contributed by atoms with Crippen LogP contribution in [0.3, 0.4) is 0 Å². The topological polar surface area (TPSA) is 171 Å². The Morgan fingerprint density at radius 1 is 1.08 bits per heavy atom. The number of aromatic nitrogens is 3. The number of pyridine rings is 1.